The number of rotatable bonds is 11. The van der Waals surface area contributed by atoms with E-state index < -0.39 is 62.4 Å². The molecule has 0 spiro atoms. The zero-order valence-corrected chi connectivity index (χ0v) is 23.9. The second kappa shape index (κ2) is 13.0. The van der Waals surface area contributed by atoms with Gasteiger partial charge in [0.05, 0.1) is 0 Å². The van der Waals surface area contributed by atoms with Gasteiger partial charge in [0.1, 0.15) is 29.3 Å². The average molecular weight is 603 g/mol. The molecule has 0 bridgehead atoms. The van der Waals surface area contributed by atoms with Crippen LogP contribution in [0, 0.1) is 11.6 Å². The Kier molecular flexibility index (Phi) is 10.2. The van der Waals surface area contributed by atoms with Crippen LogP contribution in [-0.4, -0.2) is 61.5 Å². The summed E-state index contributed by atoms with van der Waals surface area (Å²) < 4.78 is 58.8. The van der Waals surface area contributed by atoms with Crippen LogP contribution in [0.2, 0.25) is 30.7 Å². The van der Waals surface area contributed by atoms with Crippen LogP contribution in [0.1, 0.15) is 29.2 Å². The molecule has 2 aromatic rings. The molecular weight excluding hydrogens is 572 g/mol. The number of ether oxygens (including phenoxy) is 1. The molecule has 1 fully saturated rings. The first-order valence-electron chi connectivity index (χ1n) is 12.5. The van der Waals surface area contributed by atoms with Crippen molar-refractivity contribution in [2.45, 2.75) is 57.4 Å². The maximum Gasteiger partial charge on any atom is 0.387 e. The van der Waals surface area contributed by atoms with Gasteiger partial charge < -0.3 is 25.8 Å². The van der Waals surface area contributed by atoms with Crippen LogP contribution in [0.15, 0.2) is 35.3 Å². The molecule has 1 saturated heterocycles. The summed E-state index contributed by atoms with van der Waals surface area (Å²) in [4.78, 5) is 30.8. The molecule has 14 heteroatoms. The van der Waals surface area contributed by atoms with E-state index in [-0.39, 0.29) is 40.7 Å². The van der Waals surface area contributed by atoms with E-state index in [2.05, 4.69) is 34.7 Å². The number of carbonyl (C=O) groups excluding carboxylic acids is 2. The molecule has 2 amide bonds. The maximum atomic E-state index is 14.7. The Labute approximate surface area is 235 Å². The standard InChI is InChI=1S/C26H31ClF4N4O4Si/c1-40(2,3)7-5-33-23(32)15-10-19(28)18(20(29)11-15)13-34-24(37)21-4-6-35(21)25(38)22(36)14-8-16(27)12-17(9-14)39-26(30)31/h8-12,21-22,26,36H,4-7,13H2,1-3H3,(H2,32,33)(H,34,37)/t21-,22+/m0/s1. The third-order valence-corrected chi connectivity index (χ3v) is 8.24. The van der Waals surface area contributed by atoms with E-state index in [1.165, 1.54) is 6.07 Å². The van der Waals surface area contributed by atoms with Gasteiger partial charge in [-0.1, -0.05) is 31.2 Å². The van der Waals surface area contributed by atoms with Crippen molar-refractivity contribution >= 4 is 37.3 Å². The predicted octanol–water partition coefficient (Wildman–Crippen LogP) is 4.21. The molecule has 0 aromatic heterocycles. The van der Waals surface area contributed by atoms with Crippen LogP contribution in [-0.2, 0) is 16.1 Å². The minimum atomic E-state index is -3.14. The summed E-state index contributed by atoms with van der Waals surface area (Å²) in [5.74, 6) is -3.73. The number of aliphatic imine (C=N–C) groups is 1. The van der Waals surface area contributed by atoms with Crippen molar-refractivity contribution in [3.63, 3.8) is 0 Å². The molecule has 1 aliphatic heterocycles. The van der Waals surface area contributed by atoms with Crippen molar-refractivity contribution in [3.05, 3.63) is 63.7 Å². The van der Waals surface area contributed by atoms with E-state index in [4.69, 9.17) is 17.3 Å². The SMILES string of the molecule is C[Si](C)(C)CCN=C(N)c1cc(F)c(CNC(=O)[C@@H]2CCN2C(=O)[C@H](O)c2cc(Cl)cc(OC(F)F)c2)c(F)c1. The predicted molar refractivity (Wildman–Crippen MR) is 145 cm³/mol. The number of hydrogen-bond acceptors (Lipinski definition) is 5. The lowest BCUT2D eigenvalue weighted by atomic mass is 9.98. The highest BCUT2D eigenvalue weighted by Crippen LogP contribution is 2.30. The zero-order chi connectivity index (χ0) is 29.8. The van der Waals surface area contributed by atoms with Crippen LogP contribution in [0.5, 0.6) is 5.75 Å². The van der Waals surface area contributed by atoms with E-state index in [1.807, 2.05) is 0 Å². The summed E-state index contributed by atoms with van der Waals surface area (Å²) in [6.45, 7) is 3.46. The number of nitrogens with one attached hydrogen (secondary N) is 1. The molecule has 2 atom stereocenters. The van der Waals surface area contributed by atoms with Crippen molar-refractivity contribution in [2.24, 2.45) is 10.7 Å². The monoisotopic (exact) mass is 602 g/mol. The smallest absolute Gasteiger partial charge is 0.387 e. The lowest BCUT2D eigenvalue weighted by Gasteiger charge is -2.40. The molecule has 0 saturated carbocycles. The number of benzene rings is 2. The Hall–Kier alpha value is -3.16. The Morgan fingerprint density at radius 2 is 1.85 bits per heavy atom. The number of hydrogen-bond donors (Lipinski definition) is 3. The highest BCUT2D eigenvalue weighted by Gasteiger charge is 2.40. The van der Waals surface area contributed by atoms with E-state index in [0.29, 0.717) is 6.54 Å². The first-order valence-corrected chi connectivity index (χ1v) is 16.5. The molecule has 1 aliphatic rings. The molecule has 4 N–H and O–H groups in total. The Morgan fingerprint density at radius 3 is 2.40 bits per heavy atom. The van der Waals surface area contributed by atoms with Crippen molar-refractivity contribution in [2.75, 3.05) is 13.1 Å². The molecule has 218 valence electrons. The Morgan fingerprint density at radius 1 is 1.20 bits per heavy atom. The van der Waals surface area contributed by atoms with Gasteiger partial charge in [-0.05, 0) is 48.4 Å². The fourth-order valence-corrected chi connectivity index (χ4v) is 4.97. The number of alkyl halides is 2. The molecule has 0 unspecified atom stereocenters. The molecule has 40 heavy (non-hydrogen) atoms. The summed E-state index contributed by atoms with van der Waals surface area (Å²) >= 11 is 5.88. The molecule has 1 heterocycles. The lowest BCUT2D eigenvalue weighted by Crippen LogP contribution is -2.59. The Balaban J connectivity index is 1.63. The molecule has 0 radical (unpaired) electrons. The fraction of sp³-hybridized carbons (Fsp3) is 0.423. The molecule has 8 nitrogen and oxygen atoms in total. The van der Waals surface area contributed by atoms with Gasteiger partial charge in [-0.25, -0.2) is 8.78 Å². The minimum absolute atomic E-state index is 0.0152. The van der Waals surface area contributed by atoms with Crippen molar-refractivity contribution in [1.29, 1.82) is 0 Å². The molecule has 0 aliphatic carbocycles. The lowest BCUT2D eigenvalue weighted by molar-refractivity contribution is -0.154. The summed E-state index contributed by atoms with van der Waals surface area (Å²) in [5.41, 5.74) is 5.50. The summed E-state index contributed by atoms with van der Waals surface area (Å²) in [6.07, 6.45) is -1.57. The van der Waals surface area contributed by atoms with Crippen molar-refractivity contribution < 1.29 is 37.0 Å². The Bertz CT molecular complexity index is 1270. The van der Waals surface area contributed by atoms with Crippen molar-refractivity contribution in [3.8, 4) is 5.75 Å². The van der Waals surface area contributed by atoms with Gasteiger partial charge in [-0.3, -0.25) is 14.6 Å². The number of carbonyl (C=O) groups is 2. The van der Waals surface area contributed by atoms with E-state index >= 15 is 0 Å². The largest absolute Gasteiger partial charge is 0.435 e. The highest BCUT2D eigenvalue weighted by molar-refractivity contribution is 6.76. The quantitative estimate of drug-likeness (QED) is 0.154. The normalized spacial score (nSPS) is 16.5. The van der Waals surface area contributed by atoms with Gasteiger partial charge >= 0.3 is 6.61 Å². The number of nitrogens with two attached hydrogens (primary N) is 1. The fourth-order valence-electron chi connectivity index (χ4n) is 3.95. The van der Waals surface area contributed by atoms with Gasteiger partial charge in [-0.15, -0.1) is 0 Å². The number of amides is 2. The maximum absolute atomic E-state index is 14.7. The summed E-state index contributed by atoms with van der Waals surface area (Å²) in [5, 5.41) is 12.9. The van der Waals surface area contributed by atoms with Crippen LogP contribution < -0.4 is 15.8 Å². The van der Waals surface area contributed by atoms with Gasteiger partial charge in [0.25, 0.3) is 5.91 Å². The van der Waals surface area contributed by atoms with Gasteiger partial charge in [0, 0.05) is 43.9 Å². The molecule has 2 aromatic carbocycles. The van der Waals surface area contributed by atoms with E-state index in [0.717, 1.165) is 35.2 Å². The van der Waals surface area contributed by atoms with Crippen LogP contribution in [0.25, 0.3) is 0 Å². The zero-order valence-electron chi connectivity index (χ0n) is 22.2. The van der Waals surface area contributed by atoms with Gasteiger partial charge in [0.2, 0.25) is 5.91 Å². The molecule has 3 rings (SSSR count). The topological polar surface area (TPSA) is 117 Å². The number of amidine groups is 1. The number of likely N-dealkylation sites (tertiary alicyclic amines) is 1. The number of nitrogens with zero attached hydrogens (tertiary/aromatic N) is 2. The number of aliphatic hydroxyl groups is 1. The van der Waals surface area contributed by atoms with Gasteiger partial charge in [-0.2, -0.15) is 8.78 Å². The summed E-state index contributed by atoms with van der Waals surface area (Å²) in [7, 11) is -1.36. The second-order valence-electron chi connectivity index (χ2n) is 10.6. The van der Waals surface area contributed by atoms with E-state index in [1.54, 1.807) is 0 Å². The van der Waals surface area contributed by atoms with Crippen molar-refractivity contribution in [1.82, 2.24) is 10.2 Å². The summed E-state index contributed by atoms with van der Waals surface area (Å²) in [6, 6.07) is 5.29. The number of halogens is 5. The second-order valence-corrected chi connectivity index (χ2v) is 16.6. The first-order chi connectivity index (χ1) is 18.7. The van der Waals surface area contributed by atoms with Crippen LogP contribution in [0.3, 0.4) is 0 Å². The average Bonchev–Trinajstić information content (AvgIpc) is 2.80. The third kappa shape index (κ3) is 8.18. The molecular formula is C26H31ClF4N4O4Si. The highest BCUT2D eigenvalue weighted by atomic mass is 35.5. The van der Waals surface area contributed by atoms with Crippen LogP contribution in [0.4, 0.5) is 17.6 Å². The van der Waals surface area contributed by atoms with E-state index in [9.17, 15) is 32.3 Å². The minimum Gasteiger partial charge on any atom is -0.435 e. The van der Waals surface area contributed by atoms with Crippen LogP contribution >= 0.6 is 11.6 Å². The van der Waals surface area contributed by atoms with Gasteiger partial charge in [0.15, 0.2) is 6.10 Å². The number of aliphatic hydroxyl groups excluding tert-OH is 1. The third-order valence-electron chi connectivity index (χ3n) is 6.29. The first kappa shape index (κ1) is 31.4.